The quantitative estimate of drug-likeness (QED) is 0.502. The summed E-state index contributed by atoms with van der Waals surface area (Å²) in [5.74, 6) is 0.826. The van der Waals surface area contributed by atoms with Gasteiger partial charge in [0.05, 0.1) is 0 Å². The molecule has 0 aromatic carbocycles. The number of alkyl halides is 1. The number of unbranched alkanes of at least 4 members (excludes halogenated alkanes) is 2. The van der Waals surface area contributed by atoms with Crippen LogP contribution >= 0.6 is 11.6 Å². The third-order valence-electron chi connectivity index (χ3n) is 3.23. The van der Waals surface area contributed by atoms with E-state index in [-0.39, 0.29) is 0 Å². The number of rotatable bonds is 5. The maximum atomic E-state index is 6.02. The Kier molecular flexibility index (Phi) is 6.63. The Morgan fingerprint density at radius 2 is 2.07 bits per heavy atom. The highest BCUT2D eigenvalue weighted by molar-refractivity contribution is 6.18. The minimum atomic E-state index is 0.663. The molecule has 1 heterocycles. The molecule has 0 spiro atoms. The van der Waals surface area contributed by atoms with Crippen molar-refractivity contribution in [3.05, 3.63) is 0 Å². The Labute approximate surface area is 93.8 Å². The number of hydrogen-bond acceptors (Lipinski definition) is 1. The minimum Gasteiger partial charge on any atom is -0.299 e. The third-order valence-corrected chi connectivity index (χ3v) is 3.58. The van der Waals surface area contributed by atoms with Gasteiger partial charge in [0.2, 0.25) is 0 Å². The zero-order chi connectivity index (χ0) is 10.2. The van der Waals surface area contributed by atoms with Crippen molar-refractivity contribution >= 4 is 11.6 Å². The van der Waals surface area contributed by atoms with E-state index in [1.54, 1.807) is 0 Å². The molecule has 1 aliphatic rings. The van der Waals surface area contributed by atoms with Gasteiger partial charge in [0.15, 0.2) is 0 Å². The third kappa shape index (κ3) is 4.18. The summed E-state index contributed by atoms with van der Waals surface area (Å²) >= 11 is 6.02. The Morgan fingerprint density at radius 3 is 2.79 bits per heavy atom. The highest BCUT2D eigenvalue weighted by Crippen LogP contribution is 2.18. The molecule has 2 heteroatoms. The van der Waals surface area contributed by atoms with Crippen molar-refractivity contribution < 1.29 is 0 Å². The van der Waals surface area contributed by atoms with Crippen LogP contribution in [0.25, 0.3) is 0 Å². The van der Waals surface area contributed by atoms with Crippen molar-refractivity contribution in [2.75, 3.05) is 19.0 Å². The van der Waals surface area contributed by atoms with E-state index in [9.17, 15) is 0 Å². The lowest BCUT2D eigenvalue weighted by atomic mass is 10.1. The topological polar surface area (TPSA) is 3.24 Å². The van der Waals surface area contributed by atoms with Crippen molar-refractivity contribution in [3.8, 4) is 0 Å². The van der Waals surface area contributed by atoms with E-state index in [2.05, 4.69) is 11.8 Å². The van der Waals surface area contributed by atoms with E-state index in [1.807, 2.05) is 0 Å². The predicted molar refractivity (Wildman–Crippen MR) is 64.1 cm³/mol. The van der Waals surface area contributed by atoms with Crippen molar-refractivity contribution in [3.63, 3.8) is 0 Å². The summed E-state index contributed by atoms with van der Waals surface area (Å²) in [6, 6.07) is 0.663. The van der Waals surface area contributed by atoms with Gasteiger partial charge in [0.25, 0.3) is 0 Å². The molecule has 14 heavy (non-hydrogen) atoms. The smallest absolute Gasteiger partial charge is 0.0379 e. The second-order valence-electron chi connectivity index (χ2n) is 4.40. The van der Waals surface area contributed by atoms with E-state index >= 15 is 0 Å². The van der Waals surface area contributed by atoms with Crippen LogP contribution in [0.1, 0.15) is 51.9 Å². The van der Waals surface area contributed by atoms with Gasteiger partial charge >= 0.3 is 0 Å². The first-order valence-corrected chi connectivity index (χ1v) is 6.72. The molecule has 0 aromatic rings. The molecule has 0 saturated carbocycles. The lowest BCUT2D eigenvalue weighted by Crippen LogP contribution is -2.36. The van der Waals surface area contributed by atoms with Crippen molar-refractivity contribution in [2.24, 2.45) is 0 Å². The van der Waals surface area contributed by atoms with Crippen LogP contribution in [0.15, 0.2) is 0 Å². The minimum absolute atomic E-state index is 0.663. The van der Waals surface area contributed by atoms with Gasteiger partial charge < -0.3 is 0 Å². The van der Waals surface area contributed by atoms with E-state index in [0.717, 1.165) is 5.88 Å². The molecule has 1 saturated heterocycles. The van der Waals surface area contributed by atoms with Crippen LogP contribution < -0.4 is 0 Å². The summed E-state index contributed by atoms with van der Waals surface area (Å²) in [6.45, 7) is 4.81. The average molecular weight is 218 g/mol. The standard InChI is InChI=1S/C12H24ClN/c1-2-3-6-9-14-10-7-4-5-8-12(14)11-13/h12H,2-11H2,1H3. The normalized spacial score (nSPS) is 24.9. The zero-order valence-corrected chi connectivity index (χ0v) is 10.2. The molecule has 0 amide bonds. The summed E-state index contributed by atoms with van der Waals surface area (Å²) in [7, 11) is 0. The van der Waals surface area contributed by atoms with Gasteiger partial charge in [0, 0.05) is 11.9 Å². The van der Waals surface area contributed by atoms with Gasteiger partial charge in [-0.15, -0.1) is 11.6 Å². The molecule has 1 nitrogen and oxygen atoms in total. The SMILES string of the molecule is CCCCCN1CCCCCC1CCl. The average Bonchev–Trinajstić information content (AvgIpc) is 2.43. The molecule has 0 aromatic heterocycles. The van der Waals surface area contributed by atoms with Crippen molar-refractivity contribution in [2.45, 2.75) is 57.9 Å². The van der Waals surface area contributed by atoms with Crippen LogP contribution in [0.2, 0.25) is 0 Å². The van der Waals surface area contributed by atoms with Gasteiger partial charge in [-0.1, -0.05) is 32.6 Å². The number of nitrogens with zero attached hydrogens (tertiary/aromatic N) is 1. The second-order valence-corrected chi connectivity index (χ2v) is 4.71. The molecule has 84 valence electrons. The zero-order valence-electron chi connectivity index (χ0n) is 9.47. The van der Waals surface area contributed by atoms with Gasteiger partial charge in [-0.3, -0.25) is 4.90 Å². The Hall–Kier alpha value is 0.250. The van der Waals surface area contributed by atoms with Crippen molar-refractivity contribution in [1.82, 2.24) is 4.90 Å². The molecule has 1 unspecified atom stereocenters. The lowest BCUT2D eigenvalue weighted by Gasteiger charge is -2.28. The molecule has 0 bridgehead atoms. The summed E-state index contributed by atoms with van der Waals surface area (Å²) in [5, 5.41) is 0. The monoisotopic (exact) mass is 217 g/mol. The molecular weight excluding hydrogens is 194 g/mol. The molecule has 0 N–H and O–H groups in total. The van der Waals surface area contributed by atoms with Gasteiger partial charge in [-0.2, -0.15) is 0 Å². The summed E-state index contributed by atoms with van der Waals surface area (Å²) < 4.78 is 0. The predicted octanol–water partition coefficient (Wildman–Crippen LogP) is 3.66. The van der Waals surface area contributed by atoms with Crippen LogP contribution in [-0.2, 0) is 0 Å². The van der Waals surface area contributed by atoms with Gasteiger partial charge in [-0.05, 0) is 32.4 Å². The molecular formula is C12H24ClN. The maximum absolute atomic E-state index is 6.02. The fraction of sp³-hybridized carbons (Fsp3) is 1.00. The lowest BCUT2D eigenvalue weighted by molar-refractivity contribution is 0.212. The molecule has 1 atom stereocenters. The largest absolute Gasteiger partial charge is 0.299 e. The number of halogens is 1. The van der Waals surface area contributed by atoms with Crippen molar-refractivity contribution in [1.29, 1.82) is 0 Å². The van der Waals surface area contributed by atoms with E-state index < -0.39 is 0 Å². The first-order chi connectivity index (χ1) is 6.88. The molecule has 1 fully saturated rings. The fourth-order valence-electron chi connectivity index (χ4n) is 2.27. The van der Waals surface area contributed by atoms with Crippen LogP contribution in [-0.4, -0.2) is 29.9 Å². The van der Waals surface area contributed by atoms with Gasteiger partial charge in [-0.25, -0.2) is 0 Å². The Balaban J connectivity index is 2.28. The summed E-state index contributed by atoms with van der Waals surface area (Å²) in [5.41, 5.74) is 0. The van der Waals surface area contributed by atoms with E-state index in [4.69, 9.17) is 11.6 Å². The van der Waals surface area contributed by atoms with Crippen LogP contribution in [0.3, 0.4) is 0 Å². The number of hydrogen-bond donors (Lipinski definition) is 0. The Morgan fingerprint density at radius 1 is 1.21 bits per heavy atom. The first kappa shape index (κ1) is 12.3. The first-order valence-electron chi connectivity index (χ1n) is 6.18. The maximum Gasteiger partial charge on any atom is 0.0379 e. The van der Waals surface area contributed by atoms with Crippen LogP contribution in [0.5, 0.6) is 0 Å². The molecule has 1 rings (SSSR count). The molecule has 0 radical (unpaired) electrons. The highest BCUT2D eigenvalue weighted by atomic mass is 35.5. The fourth-order valence-corrected chi connectivity index (χ4v) is 2.62. The molecule has 0 aliphatic carbocycles. The van der Waals surface area contributed by atoms with Crippen LogP contribution in [0.4, 0.5) is 0 Å². The highest BCUT2D eigenvalue weighted by Gasteiger charge is 2.18. The summed E-state index contributed by atoms with van der Waals surface area (Å²) in [4.78, 5) is 2.62. The van der Waals surface area contributed by atoms with Gasteiger partial charge in [0.1, 0.15) is 0 Å². The second kappa shape index (κ2) is 7.53. The Bertz CT molecular complexity index is 138. The van der Waals surface area contributed by atoms with Crippen LogP contribution in [0, 0.1) is 0 Å². The van der Waals surface area contributed by atoms with E-state index in [0.29, 0.717) is 6.04 Å². The van der Waals surface area contributed by atoms with E-state index in [1.165, 1.54) is 58.0 Å². The molecule has 1 aliphatic heterocycles. The summed E-state index contributed by atoms with van der Waals surface area (Å²) in [6.07, 6.45) is 9.50. The number of likely N-dealkylation sites (tertiary alicyclic amines) is 1.